The Morgan fingerprint density at radius 3 is 2.70 bits per heavy atom. The van der Waals surface area contributed by atoms with E-state index in [1.54, 1.807) is 25.1 Å². The largest absolute Gasteiger partial charge is 0.490 e. The van der Waals surface area contributed by atoms with Crippen LogP contribution in [0, 0.1) is 0 Å². The summed E-state index contributed by atoms with van der Waals surface area (Å²) in [7, 11) is 0. The van der Waals surface area contributed by atoms with Crippen LogP contribution < -0.4 is 14.8 Å². The van der Waals surface area contributed by atoms with E-state index < -0.39 is 30.2 Å². The Balaban J connectivity index is 1.72. The van der Waals surface area contributed by atoms with Crippen LogP contribution in [0.5, 0.6) is 11.5 Å². The van der Waals surface area contributed by atoms with Crippen molar-refractivity contribution >= 4 is 52.3 Å². The molecule has 1 N–H and O–H groups in total. The van der Waals surface area contributed by atoms with Gasteiger partial charge >= 0.3 is 6.61 Å². The monoisotopic (exact) mass is 494 g/mol. The third kappa shape index (κ3) is 6.48. The highest BCUT2D eigenvalue weighted by Crippen LogP contribution is 2.35. The molecule has 0 atom stereocenters. The van der Waals surface area contributed by atoms with E-state index in [1.807, 2.05) is 12.3 Å². The van der Waals surface area contributed by atoms with Crippen molar-refractivity contribution in [2.24, 2.45) is 0 Å². The van der Waals surface area contributed by atoms with E-state index in [2.05, 4.69) is 10.1 Å². The minimum atomic E-state index is -3.01. The van der Waals surface area contributed by atoms with E-state index in [0.717, 1.165) is 9.80 Å². The Labute approximate surface area is 197 Å². The molecule has 3 amide bonds. The number of hydrogen-bond donors (Lipinski definition) is 1. The quantitative estimate of drug-likeness (QED) is 0.384. The Morgan fingerprint density at radius 2 is 2.00 bits per heavy atom. The Kier molecular flexibility index (Phi) is 8.34. The molecule has 1 fully saturated rings. The number of nitrogens with one attached hydrogen (secondary N) is 1. The van der Waals surface area contributed by atoms with E-state index in [9.17, 15) is 23.2 Å². The van der Waals surface area contributed by atoms with Gasteiger partial charge in [-0.15, -0.1) is 11.8 Å². The first-order chi connectivity index (χ1) is 15.8. The topological polar surface area (TPSA) is 84.9 Å². The molecule has 1 aliphatic heterocycles. The molecule has 174 valence electrons. The van der Waals surface area contributed by atoms with Gasteiger partial charge in [0, 0.05) is 10.6 Å². The molecule has 0 saturated carbocycles. The summed E-state index contributed by atoms with van der Waals surface area (Å²) in [4.78, 5) is 39.3. The third-order valence-electron chi connectivity index (χ3n) is 4.31. The van der Waals surface area contributed by atoms with E-state index in [4.69, 9.17) is 4.74 Å². The number of hydrogen-bond acceptors (Lipinski definition) is 7. The predicted molar refractivity (Wildman–Crippen MR) is 124 cm³/mol. The second-order valence-electron chi connectivity index (χ2n) is 6.57. The maximum Gasteiger partial charge on any atom is 0.387 e. The van der Waals surface area contributed by atoms with Crippen molar-refractivity contribution < 1.29 is 32.6 Å². The molecule has 0 spiro atoms. The predicted octanol–water partition coefficient (Wildman–Crippen LogP) is 5.08. The Bertz CT molecular complexity index is 1090. The van der Waals surface area contributed by atoms with Gasteiger partial charge in [-0.3, -0.25) is 19.3 Å². The number of alkyl halides is 2. The fourth-order valence-electron chi connectivity index (χ4n) is 2.91. The van der Waals surface area contributed by atoms with Crippen LogP contribution in [-0.2, 0) is 9.59 Å². The van der Waals surface area contributed by atoms with Crippen LogP contribution in [0.15, 0.2) is 52.3 Å². The number of imide groups is 1. The van der Waals surface area contributed by atoms with Crippen LogP contribution in [0.2, 0.25) is 0 Å². The lowest BCUT2D eigenvalue weighted by Gasteiger charge is -2.13. The highest BCUT2D eigenvalue weighted by molar-refractivity contribution is 8.18. The number of carbonyl (C=O) groups excluding carboxylic acids is 3. The van der Waals surface area contributed by atoms with Crippen molar-refractivity contribution in [3.8, 4) is 11.5 Å². The molecule has 3 rings (SSSR count). The van der Waals surface area contributed by atoms with Gasteiger partial charge in [0.25, 0.3) is 11.1 Å². The molecule has 1 aliphatic rings. The first-order valence-electron chi connectivity index (χ1n) is 9.71. The molecule has 1 saturated heterocycles. The average Bonchev–Trinajstić information content (AvgIpc) is 3.02. The second kappa shape index (κ2) is 11.2. The first-order valence-corrected chi connectivity index (χ1v) is 11.8. The molecule has 33 heavy (non-hydrogen) atoms. The number of amides is 3. The fraction of sp³-hybridized carbons (Fsp3) is 0.227. The number of thioether (sulfide) groups is 2. The number of carbonyl (C=O) groups is 3. The molecule has 11 heteroatoms. The third-order valence-corrected chi connectivity index (χ3v) is 5.94. The van der Waals surface area contributed by atoms with Crippen LogP contribution in [0.1, 0.15) is 12.5 Å². The van der Waals surface area contributed by atoms with Crippen LogP contribution in [-0.4, -0.2) is 48.0 Å². The van der Waals surface area contributed by atoms with E-state index in [0.29, 0.717) is 23.0 Å². The molecule has 1 heterocycles. The summed E-state index contributed by atoms with van der Waals surface area (Å²) in [5.74, 6) is -1.19. The van der Waals surface area contributed by atoms with Crippen LogP contribution >= 0.6 is 23.5 Å². The fourth-order valence-corrected chi connectivity index (χ4v) is 4.21. The van der Waals surface area contributed by atoms with E-state index >= 15 is 0 Å². The van der Waals surface area contributed by atoms with Gasteiger partial charge < -0.3 is 14.8 Å². The zero-order valence-corrected chi connectivity index (χ0v) is 19.3. The number of halogens is 2. The summed E-state index contributed by atoms with van der Waals surface area (Å²) in [6, 6.07) is 11.4. The molecule has 2 aromatic rings. The van der Waals surface area contributed by atoms with Gasteiger partial charge in [-0.2, -0.15) is 8.78 Å². The molecule has 0 radical (unpaired) electrons. The van der Waals surface area contributed by atoms with E-state index in [-0.39, 0.29) is 23.0 Å². The molecular weight excluding hydrogens is 474 g/mol. The van der Waals surface area contributed by atoms with Gasteiger partial charge in [0.15, 0.2) is 11.5 Å². The molecule has 0 bridgehead atoms. The van der Waals surface area contributed by atoms with Crippen molar-refractivity contribution in [2.45, 2.75) is 18.4 Å². The van der Waals surface area contributed by atoms with Gasteiger partial charge in [0.1, 0.15) is 6.54 Å². The zero-order valence-electron chi connectivity index (χ0n) is 17.7. The molecule has 0 unspecified atom stereocenters. The lowest BCUT2D eigenvalue weighted by molar-refractivity contribution is -0.127. The number of rotatable bonds is 9. The normalized spacial score (nSPS) is 14.8. The summed E-state index contributed by atoms with van der Waals surface area (Å²) in [5, 5.41) is 2.09. The van der Waals surface area contributed by atoms with Gasteiger partial charge in [0.05, 0.1) is 11.5 Å². The van der Waals surface area contributed by atoms with Crippen LogP contribution in [0.25, 0.3) is 6.08 Å². The summed E-state index contributed by atoms with van der Waals surface area (Å²) in [5.41, 5.74) is 1.01. The van der Waals surface area contributed by atoms with Gasteiger partial charge in [0.2, 0.25) is 5.91 Å². The minimum Gasteiger partial charge on any atom is -0.490 e. The highest BCUT2D eigenvalue weighted by atomic mass is 32.2. The van der Waals surface area contributed by atoms with Gasteiger partial charge in [-0.05, 0) is 66.9 Å². The average molecular weight is 495 g/mol. The van der Waals surface area contributed by atoms with Gasteiger partial charge in [-0.1, -0.05) is 12.1 Å². The maximum absolute atomic E-state index is 12.7. The lowest BCUT2D eigenvalue weighted by atomic mass is 10.2. The Morgan fingerprint density at radius 1 is 1.21 bits per heavy atom. The van der Waals surface area contributed by atoms with Gasteiger partial charge in [-0.25, -0.2) is 0 Å². The smallest absolute Gasteiger partial charge is 0.387 e. The maximum atomic E-state index is 12.7. The number of benzene rings is 2. The van der Waals surface area contributed by atoms with Crippen molar-refractivity contribution in [3.63, 3.8) is 0 Å². The SMILES string of the molecule is CCOc1cc(/C=C2\SC(=O)N(CC(=O)Nc3cccc(SC)c3)C2=O)ccc1OC(F)F. The first kappa shape index (κ1) is 24.6. The summed E-state index contributed by atoms with van der Waals surface area (Å²) >= 11 is 2.21. The molecule has 2 aromatic carbocycles. The van der Waals surface area contributed by atoms with Crippen molar-refractivity contribution in [1.82, 2.24) is 4.90 Å². The Hall–Kier alpha value is -3.05. The standard InChI is InChI=1S/C22H20F2N2O5S2/c1-3-30-17-9-13(7-8-16(17)31-21(23)24)10-18-20(28)26(22(29)33-18)12-19(27)25-14-5-4-6-15(11-14)32-2/h4-11,21H,3,12H2,1-2H3,(H,25,27)/b18-10-. The summed E-state index contributed by atoms with van der Waals surface area (Å²) in [6.45, 7) is -1.54. The number of nitrogens with zero attached hydrogens (tertiary/aromatic N) is 1. The molecule has 7 nitrogen and oxygen atoms in total. The summed E-state index contributed by atoms with van der Waals surface area (Å²) in [6.07, 6.45) is 3.34. The second-order valence-corrected chi connectivity index (χ2v) is 8.44. The summed E-state index contributed by atoms with van der Waals surface area (Å²) < 4.78 is 34.9. The molecular formula is C22H20F2N2O5S2. The number of anilines is 1. The zero-order chi connectivity index (χ0) is 24.0. The minimum absolute atomic E-state index is 0.0811. The van der Waals surface area contributed by atoms with Crippen LogP contribution in [0.3, 0.4) is 0 Å². The molecule has 0 aromatic heterocycles. The highest BCUT2D eigenvalue weighted by Gasteiger charge is 2.36. The lowest BCUT2D eigenvalue weighted by Crippen LogP contribution is -2.36. The van der Waals surface area contributed by atoms with Crippen molar-refractivity contribution in [2.75, 3.05) is 24.7 Å². The van der Waals surface area contributed by atoms with Crippen LogP contribution in [0.4, 0.5) is 19.3 Å². The molecule has 0 aliphatic carbocycles. The van der Waals surface area contributed by atoms with E-state index in [1.165, 1.54) is 36.0 Å². The van der Waals surface area contributed by atoms with Crippen molar-refractivity contribution in [3.05, 3.63) is 52.9 Å². The number of ether oxygens (including phenoxy) is 2. The van der Waals surface area contributed by atoms with Crippen molar-refractivity contribution in [1.29, 1.82) is 0 Å².